The summed E-state index contributed by atoms with van der Waals surface area (Å²) in [5, 5.41) is 0. The van der Waals surface area contributed by atoms with E-state index in [9.17, 15) is 0 Å². The molecule has 0 aliphatic rings. The minimum Gasteiger partial charge on any atom is -0.295 e. The molecule has 0 aromatic heterocycles. The van der Waals surface area contributed by atoms with Crippen molar-refractivity contribution in [3.63, 3.8) is 0 Å². The van der Waals surface area contributed by atoms with Gasteiger partial charge in [-0.2, -0.15) is 0 Å². The lowest BCUT2D eigenvalue weighted by Crippen LogP contribution is -2.24. The molecule has 0 unspecified atom stereocenters. The van der Waals surface area contributed by atoms with E-state index in [2.05, 4.69) is 65.5 Å². The third-order valence-electron chi connectivity index (χ3n) is 2.24. The second-order valence-corrected chi connectivity index (χ2v) is 4.81. The Morgan fingerprint density at radius 2 is 2.20 bits per heavy atom. The number of halogens is 1. The molecule has 0 amide bonds. The van der Waals surface area contributed by atoms with E-state index < -0.39 is 0 Å². The highest BCUT2D eigenvalue weighted by Gasteiger charge is 2.03. The van der Waals surface area contributed by atoms with Crippen LogP contribution in [0.5, 0.6) is 0 Å². The second kappa shape index (κ2) is 6.09. The Bertz CT molecular complexity index is 333. The van der Waals surface area contributed by atoms with Gasteiger partial charge in [-0.1, -0.05) is 47.1 Å². The van der Waals surface area contributed by atoms with Crippen LogP contribution in [0.1, 0.15) is 19.4 Å². The summed E-state index contributed by atoms with van der Waals surface area (Å²) in [5.74, 6) is 0. The van der Waals surface area contributed by atoms with Crippen LogP contribution in [0.3, 0.4) is 0 Å². The summed E-state index contributed by atoms with van der Waals surface area (Å²) >= 11 is 3.49. The molecule has 0 spiro atoms. The van der Waals surface area contributed by atoms with Gasteiger partial charge in [0.1, 0.15) is 0 Å². The lowest BCUT2D eigenvalue weighted by Gasteiger charge is -2.20. The first-order chi connectivity index (χ1) is 7.11. The molecule has 2 heteroatoms. The van der Waals surface area contributed by atoms with Crippen molar-refractivity contribution in [3.8, 4) is 0 Å². The van der Waals surface area contributed by atoms with Gasteiger partial charge < -0.3 is 0 Å². The summed E-state index contributed by atoms with van der Waals surface area (Å²) in [7, 11) is 0. The van der Waals surface area contributed by atoms with Crippen LogP contribution in [0, 0.1) is 0 Å². The van der Waals surface area contributed by atoms with Gasteiger partial charge in [0.05, 0.1) is 0 Å². The Balaban J connectivity index is 2.62. The second-order valence-electron chi connectivity index (χ2n) is 3.89. The highest BCUT2D eigenvalue weighted by Crippen LogP contribution is 2.13. The molecule has 0 heterocycles. The van der Waals surface area contributed by atoms with Gasteiger partial charge in [-0.05, 0) is 31.2 Å². The van der Waals surface area contributed by atoms with Crippen molar-refractivity contribution in [2.24, 2.45) is 0 Å². The van der Waals surface area contributed by atoms with Crippen LogP contribution in [-0.4, -0.2) is 18.0 Å². The van der Waals surface area contributed by atoms with Crippen molar-refractivity contribution in [3.05, 3.63) is 46.5 Å². The Morgan fingerprint density at radius 3 is 2.73 bits per heavy atom. The third kappa shape index (κ3) is 4.63. The standard InChI is InChI=1S/C13H18BrN/c1-4-15(9-11(2)3)10-12-6-5-7-13(14)8-12/h5-8H,2,4,9-10H2,1,3H3. The van der Waals surface area contributed by atoms with Crippen LogP contribution in [0.15, 0.2) is 40.9 Å². The summed E-state index contributed by atoms with van der Waals surface area (Å²) in [6, 6.07) is 8.46. The molecular formula is C13H18BrN. The van der Waals surface area contributed by atoms with E-state index in [4.69, 9.17) is 0 Å². The minimum atomic E-state index is 0.975. The molecule has 0 fully saturated rings. The maximum absolute atomic E-state index is 3.95. The zero-order valence-corrected chi connectivity index (χ0v) is 11.0. The molecule has 0 N–H and O–H groups in total. The van der Waals surface area contributed by atoms with Gasteiger partial charge in [-0.3, -0.25) is 4.90 Å². The fourth-order valence-corrected chi connectivity index (χ4v) is 2.00. The van der Waals surface area contributed by atoms with Crippen LogP contribution < -0.4 is 0 Å². The first kappa shape index (κ1) is 12.5. The largest absolute Gasteiger partial charge is 0.295 e. The zero-order valence-electron chi connectivity index (χ0n) is 9.46. The summed E-state index contributed by atoms with van der Waals surface area (Å²) in [4.78, 5) is 2.38. The lowest BCUT2D eigenvalue weighted by molar-refractivity contribution is 0.304. The molecule has 0 saturated heterocycles. The fraction of sp³-hybridized carbons (Fsp3) is 0.385. The van der Waals surface area contributed by atoms with Crippen molar-refractivity contribution in [1.82, 2.24) is 4.90 Å². The van der Waals surface area contributed by atoms with Gasteiger partial charge in [-0.15, -0.1) is 0 Å². The Hall–Kier alpha value is -0.600. The summed E-state index contributed by atoms with van der Waals surface area (Å²) < 4.78 is 1.14. The molecule has 0 saturated carbocycles. The Kier molecular flexibility index (Phi) is 5.06. The smallest absolute Gasteiger partial charge is 0.0237 e. The van der Waals surface area contributed by atoms with Crippen LogP contribution in [0.25, 0.3) is 0 Å². The minimum absolute atomic E-state index is 0.975. The highest BCUT2D eigenvalue weighted by atomic mass is 79.9. The van der Waals surface area contributed by atoms with Crippen molar-refractivity contribution < 1.29 is 0 Å². The number of hydrogen-bond donors (Lipinski definition) is 0. The number of hydrogen-bond acceptors (Lipinski definition) is 1. The topological polar surface area (TPSA) is 3.24 Å². The number of likely N-dealkylation sites (N-methyl/N-ethyl adjacent to an activating group) is 1. The van der Waals surface area contributed by atoms with Crippen molar-refractivity contribution in [1.29, 1.82) is 0 Å². The fourth-order valence-electron chi connectivity index (χ4n) is 1.55. The molecule has 0 atom stereocenters. The van der Waals surface area contributed by atoms with E-state index in [1.165, 1.54) is 11.1 Å². The maximum Gasteiger partial charge on any atom is 0.0237 e. The molecular weight excluding hydrogens is 250 g/mol. The molecule has 15 heavy (non-hydrogen) atoms. The number of rotatable bonds is 5. The van der Waals surface area contributed by atoms with Gasteiger partial charge in [0.25, 0.3) is 0 Å². The normalized spacial score (nSPS) is 10.7. The van der Waals surface area contributed by atoms with E-state index in [-0.39, 0.29) is 0 Å². The van der Waals surface area contributed by atoms with E-state index in [1.54, 1.807) is 0 Å². The average molecular weight is 268 g/mol. The molecule has 82 valence electrons. The van der Waals surface area contributed by atoms with Crippen molar-refractivity contribution in [2.75, 3.05) is 13.1 Å². The molecule has 1 aromatic carbocycles. The van der Waals surface area contributed by atoms with Gasteiger partial charge in [-0.25, -0.2) is 0 Å². The highest BCUT2D eigenvalue weighted by molar-refractivity contribution is 9.10. The Morgan fingerprint density at radius 1 is 1.47 bits per heavy atom. The quantitative estimate of drug-likeness (QED) is 0.733. The van der Waals surface area contributed by atoms with Crippen LogP contribution in [0.2, 0.25) is 0 Å². The van der Waals surface area contributed by atoms with Crippen molar-refractivity contribution >= 4 is 15.9 Å². The molecule has 0 bridgehead atoms. The molecule has 1 aromatic rings. The van der Waals surface area contributed by atoms with E-state index in [0.29, 0.717) is 0 Å². The zero-order chi connectivity index (χ0) is 11.3. The van der Waals surface area contributed by atoms with E-state index in [1.807, 2.05) is 0 Å². The van der Waals surface area contributed by atoms with Gasteiger partial charge in [0.2, 0.25) is 0 Å². The number of nitrogens with zero attached hydrogens (tertiary/aromatic N) is 1. The molecule has 0 aliphatic carbocycles. The average Bonchev–Trinajstić information content (AvgIpc) is 2.16. The monoisotopic (exact) mass is 267 g/mol. The third-order valence-corrected chi connectivity index (χ3v) is 2.73. The van der Waals surface area contributed by atoms with Gasteiger partial charge in [0.15, 0.2) is 0 Å². The van der Waals surface area contributed by atoms with E-state index >= 15 is 0 Å². The van der Waals surface area contributed by atoms with E-state index in [0.717, 1.165) is 24.1 Å². The first-order valence-electron chi connectivity index (χ1n) is 5.23. The Labute approximate surface area is 101 Å². The first-order valence-corrected chi connectivity index (χ1v) is 6.02. The van der Waals surface area contributed by atoms with Crippen LogP contribution in [-0.2, 0) is 6.54 Å². The lowest BCUT2D eigenvalue weighted by atomic mass is 10.2. The summed E-state index contributed by atoms with van der Waals surface area (Å²) in [6.45, 7) is 11.2. The van der Waals surface area contributed by atoms with Gasteiger partial charge in [0, 0.05) is 17.6 Å². The molecule has 0 aliphatic heterocycles. The van der Waals surface area contributed by atoms with Crippen molar-refractivity contribution in [2.45, 2.75) is 20.4 Å². The number of benzene rings is 1. The van der Waals surface area contributed by atoms with Crippen LogP contribution >= 0.6 is 15.9 Å². The molecule has 0 radical (unpaired) electrons. The van der Waals surface area contributed by atoms with Crippen LogP contribution in [0.4, 0.5) is 0 Å². The summed E-state index contributed by atoms with van der Waals surface area (Å²) in [5.41, 5.74) is 2.55. The predicted octanol–water partition coefficient (Wildman–Crippen LogP) is 3.85. The molecule has 1 nitrogen and oxygen atoms in total. The van der Waals surface area contributed by atoms with Gasteiger partial charge >= 0.3 is 0 Å². The molecule has 1 rings (SSSR count). The SMILES string of the molecule is C=C(C)CN(CC)Cc1cccc(Br)c1. The maximum atomic E-state index is 3.95. The summed E-state index contributed by atoms with van der Waals surface area (Å²) in [6.07, 6.45) is 0. The predicted molar refractivity (Wildman–Crippen MR) is 69.9 cm³/mol.